The lowest BCUT2D eigenvalue weighted by atomic mass is 9.75. The topological polar surface area (TPSA) is 75.8 Å². The molecule has 1 aliphatic rings. The molecule has 24 heavy (non-hydrogen) atoms. The smallest absolute Gasteiger partial charge is 0.294 e. The number of rotatable bonds is 9. The van der Waals surface area contributed by atoms with Crippen molar-refractivity contribution in [3.8, 4) is 0 Å². The number of hydrogen-bond donors (Lipinski definition) is 2. The quantitative estimate of drug-likeness (QED) is 0.536. The van der Waals surface area contributed by atoms with Crippen molar-refractivity contribution >= 4 is 6.47 Å². The van der Waals surface area contributed by atoms with Crippen molar-refractivity contribution in [2.75, 3.05) is 19.7 Å². The standard InChI is InChI=1S/C19H28N2O3/c1-2-10-19(20,11-13-22)17-9-6-12-21(14-17)18(24-15-23)16-7-4-3-5-8-16/h2-5,7-8,15,17-18,22H,1,6,9-14,20H2. The second kappa shape index (κ2) is 8.97. The second-order valence-corrected chi connectivity index (χ2v) is 6.53. The highest BCUT2D eigenvalue weighted by Gasteiger charge is 2.38. The van der Waals surface area contributed by atoms with Crippen LogP contribution in [0.2, 0.25) is 0 Å². The number of carbonyl (C=O) groups excluding carboxylic acids is 1. The van der Waals surface area contributed by atoms with Gasteiger partial charge in [0.25, 0.3) is 6.47 Å². The highest BCUT2D eigenvalue weighted by atomic mass is 16.5. The number of benzene rings is 1. The van der Waals surface area contributed by atoms with E-state index in [-0.39, 0.29) is 12.5 Å². The highest BCUT2D eigenvalue weighted by molar-refractivity contribution is 5.38. The highest BCUT2D eigenvalue weighted by Crippen LogP contribution is 2.34. The summed E-state index contributed by atoms with van der Waals surface area (Å²) in [6.45, 7) is 5.97. The van der Waals surface area contributed by atoms with Crippen molar-refractivity contribution in [2.45, 2.75) is 37.5 Å². The first-order chi connectivity index (χ1) is 11.6. The monoisotopic (exact) mass is 332 g/mol. The summed E-state index contributed by atoms with van der Waals surface area (Å²) in [4.78, 5) is 13.2. The minimum Gasteiger partial charge on any atom is -0.444 e. The van der Waals surface area contributed by atoms with Gasteiger partial charge in [0.05, 0.1) is 0 Å². The molecule has 0 spiro atoms. The fourth-order valence-corrected chi connectivity index (χ4v) is 3.68. The van der Waals surface area contributed by atoms with Crippen LogP contribution in [0.3, 0.4) is 0 Å². The number of aliphatic hydroxyl groups excluding tert-OH is 1. The first-order valence-electron chi connectivity index (χ1n) is 8.53. The Morgan fingerprint density at radius 3 is 2.83 bits per heavy atom. The Bertz CT molecular complexity index is 523. The van der Waals surface area contributed by atoms with Crippen LogP contribution in [0, 0.1) is 5.92 Å². The zero-order valence-electron chi connectivity index (χ0n) is 14.1. The van der Waals surface area contributed by atoms with Gasteiger partial charge in [-0.05, 0) is 31.6 Å². The molecular weight excluding hydrogens is 304 g/mol. The molecule has 0 saturated carbocycles. The van der Waals surface area contributed by atoms with Crippen LogP contribution in [-0.2, 0) is 9.53 Å². The summed E-state index contributed by atoms with van der Waals surface area (Å²) >= 11 is 0. The molecule has 1 heterocycles. The molecule has 0 aliphatic carbocycles. The van der Waals surface area contributed by atoms with E-state index in [1.807, 2.05) is 36.4 Å². The third-order valence-corrected chi connectivity index (χ3v) is 4.97. The Hall–Kier alpha value is -1.69. The molecule has 3 N–H and O–H groups in total. The summed E-state index contributed by atoms with van der Waals surface area (Å²) in [5, 5.41) is 9.40. The van der Waals surface area contributed by atoms with E-state index in [1.165, 1.54) is 0 Å². The summed E-state index contributed by atoms with van der Waals surface area (Å²) in [5.74, 6) is 0.220. The van der Waals surface area contributed by atoms with E-state index >= 15 is 0 Å². The molecule has 1 fully saturated rings. The van der Waals surface area contributed by atoms with Gasteiger partial charge in [-0.15, -0.1) is 6.58 Å². The number of carbonyl (C=O) groups is 1. The van der Waals surface area contributed by atoms with Crippen molar-refractivity contribution in [3.63, 3.8) is 0 Å². The molecule has 1 aromatic carbocycles. The van der Waals surface area contributed by atoms with E-state index in [0.29, 0.717) is 19.3 Å². The Morgan fingerprint density at radius 2 is 2.21 bits per heavy atom. The van der Waals surface area contributed by atoms with E-state index < -0.39 is 11.8 Å². The average molecular weight is 332 g/mol. The van der Waals surface area contributed by atoms with E-state index in [1.54, 1.807) is 0 Å². The third kappa shape index (κ3) is 4.44. The summed E-state index contributed by atoms with van der Waals surface area (Å²) < 4.78 is 5.38. The largest absolute Gasteiger partial charge is 0.444 e. The lowest BCUT2D eigenvalue weighted by molar-refractivity contribution is -0.147. The van der Waals surface area contributed by atoms with Gasteiger partial charge in [-0.2, -0.15) is 0 Å². The number of nitrogens with zero attached hydrogens (tertiary/aromatic N) is 1. The summed E-state index contributed by atoms with van der Waals surface area (Å²) in [7, 11) is 0. The first-order valence-corrected chi connectivity index (χ1v) is 8.53. The number of piperidine rings is 1. The van der Waals surface area contributed by atoms with Gasteiger partial charge in [-0.25, -0.2) is 0 Å². The summed E-state index contributed by atoms with van der Waals surface area (Å²) in [6, 6.07) is 9.75. The minimum absolute atomic E-state index is 0.0633. The van der Waals surface area contributed by atoms with Crippen molar-refractivity contribution in [3.05, 3.63) is 48.6 Å². The Labute approximate surface area is 144 Å². The molecule has 3 unspecified atom stereocenters. The van der Waals surface area contributed by atoms with Crippen LogP contribution in [0.1, 0.15) is 37.5 Å². The number of likely N-dealkylation sites (tertiary alicyclic amines) is 1. The van der Waals surface area contributed by atoms with E-state index in [4.69, 9.17) is 10.5 Å². The van der Waals surface area contributed by atoms with Crippen molar-refractivity contribution in [2.24, 2.45) is 11.7 Å². The van der Waals surface area contributed by atoms with Gasteiger partial charge in [0.2, 0.25) is 0 Å². The molecule has 3 atom stereocenters. The molecule has 0 aromatic heterocycles. The fraction of sp³-hybridized carbons (Fsp3) is 0.526. The Kier molecular flexibility index (Phi) is 6.97. The molecular formula is C19H28N2O3. The number of nitrogens with two attached hydrogens (primary N) is 1. The fourth-order valence-electron chi connectivity index (χ4n) is 3.68. The number of hydrogen-bond acceptors (Lipinski definition) is 5. The summed E-state index contributed by atoms with van der Waals surface area (Å²) in [5.41, 5.74) is 7.08. The molecule has 132 valence electrons. The molecule has 2 rings (SSSR count). The lowest BCUT2D eigenvalue weighted by Crippen LogP contribution is -2.54. The van der Waals surface area contributed by atoms with Crippen LogP contribution < -0.4 is 5.73 Å². The SMILES string of the molecule is C=CCC(N)(CCO)C1CCCN(C(OC=O)c2ccccc2)C1. The van der Waals surface area contributed by atoms with Crippen LogP contribution in [0.5, 0.6) is 0 Å². The summed E-state index contributed by atoms with van der Waals surface area (Å²) in [6.07, 6.45) is 4.62. The van der Waals surface area contributed by atoms with Crippen LogP contribution >= 0.6 is 0 Å². The second-order valence-electron chi connectivity index (χ2n) is 6.53. The minimum atomic E-state index is -0.475. The van der Waals surface area contributed by atoms with Crippen molar-refractivity contribution in [1.82, 2.24) is 4.90 Å². The van der Waals surface area contributed by atoms with Crippen molar-refractivity contribution in [1.29, 1.82) is 0 Å². The van der Waals surface area contributed by atoms with Gasteiger partial charge in [0.15, 0.2) is 6.23 Å². The van der Waals surface area contributed by atoms with Gasteiger partial charge in [0.1, 0.15) is 0 Å². The molecule has 1 saturated heterocycles. The average Bonchev–Trinajstić information content (AvgIpc) is 2.61. The zero-order valence-corrected chi connectivity index (χ0v) is 14.1. The predicted octanol–water partition coefficient (Wildman–Crippen LogP) is 2.23. The molecule has 0 amide bonds. The molecule has 5 heteroatoms. The lowest BCUT2D eigenvalue weighted by Gasteiger charge is -2.44. The van der Waals surface area contributed by atoms with Gasteiger partial charge in [-0.3, -0.25) is 9.69 Å². The maximum atomic E-state index is 11.0. The normalized spacial score (nSPS) is 22.3. The maximum absolute atomic E-state index is 11.0. The van der Waals surface area contributed by atoms with Crippen LogP contribution in [0.4, 0.5) is 0 Å². The van der Waals surface area contributed by atoms with Crippen LogP contribution in [-0.4, -0.2) is 41.7 Å². The van der Waals surface area contributed by atoms with Crippen molar-refractivity contribution < 1.29 is 14.6 Å². The van der Waals surface area contributed by atoms with Gasteiger partial charge in [0, 0.05) is 30.8 Å². The van der Waals surface area contributed by atoms with Crippen LogP contribution in [0.15, 0.2) is 43.0 Å². The Morgan fingerprint density at radius 1 is 1.46 bits per heavy atom. The molecule has 1 aliphatic heterocycles. The van der Waals surface area contributed by atoms with Gasteiger partial charge < -0.3 is 15.6 Å². The van der Waals surface area contributed by atoms with E-state index in [2.05, 4.69) is 11.5 Å². The molecule has 5 nitrogen and oxygen atoms in total. The molecule has 1 aromatic rings. The van der Waals surface area contributed by atoms with E-state index in [9.17, 15) is 9.90 Å². The van der Waals surface area contributed by atoms with E-state index in [0.717, 1.165) is 31.5 Å². The predicted molar refractivity (Wildman–Crippen MR) is 94.1 cm³/mol. The first kappa shape index (κ1) is 18.6. The van der Waals surface area contributed by atoms with Crippen LogP contribution in [0.25, 0.3) is 0 Å². The Balaban J connectivity index is 2.18. The maximum Gasteiger partial charge on any atom is 0.294 e. The number of ether oxygens (including phenoxy) is 1. The number of aliphatic hydroxyl groups is 1. The molecule has 0 radical (unpaired) electrons. The third-order valence-electron chi connectivity index (χ3n) is 4.97. The zero-order chi connectivity index (χ0) is 17.4. The van der Waals surface area contributed by atoms with Gasteiger partial charge >= 0.3 is 0 Å². The van der Waals surface area contributed by atoms with Gasteiger partial charge in [-0.1, -0.05) is 36.4 Å². The molecule has 0 bridgehead atoms.